The molecule has 2 bridgehead atoms. The highest BCUT2D eigenvalue weighted by Gasteiger charge is 2.45. The zero-order valence-electron chi connectivity index (χ0n) is 6.59. The van der Waals surface area contributed by atoms with Crippen LogP contribution in [-0.4, -0.2) is 36.0 Å². The standard InChI is InChI=1S/C8H12FNO/c1-10-5-2-3-6(10)8(9)7(11)4-5/h5-6,8H,2-4H2,1H3. The summed E-state index contributed by atoms with van der Waals surface area (Å²) in [6, 6.07) is 0.223. The smallest absolute Gasteiger partial charge is 0.173 e. The Morgan fingerprint density at radius 3 is 3.00 bits per heavy atom. The number of rotatable bonds is 0. The quantitative estimate of drug-likeness (QED) is 0.517. The van der Waals surface area contributed by atoms with E-state index in [2.05, 4.69) is 0 Å². The first-order valence-corrected chi connectivity index (χ1v) is 4.09. The molecule has 2 aliphatic rings. The van der Waals surface area contributed by atoms with Crippen LogP contribution in [0.4, 0.5) is 4.39 Å². The maximum atomic E-state index is 13.1. The number of nitrogens with zero attached hydrogens (tertiary/aromatic N) is 1. The molecule has 2 saturated heterocycles. The highest BCUT2D eigenvalue weighted by molar-refractivity contribution is 5.85. The van der Waals surface area contributed by atoms with Gasteiger partial charge in [-0.1, -0.05) is 0 Å². The van der Waals surface area contributed by atoms with Crippen molar-refractivity contribution in [3.8, 4) is 0 Å². The third-order valence-corrected chi connectivity index (χ3v) is 2.98. The van der Waals surface area contributed by atoms with Crippen LogP contribution in [0.5, 0.6) is 0 Å². The third-order valence-electron chi connectivity index (χ3n) is 2.98. The summed E-state index contributed by atoms with van der Waals surface area (Å²) in [5.74, 6) is -0.185. The molecule has 0 aromatic rings. The molecule has 62 valence electrons. The van der Waals surface area contributed by atoms with Crippen molar-refractivity contribution >= 4 is 5.78 Å². The van der Waals surface area contributed by atoms with Crippen molar-refractivity contribution in [1.82, 2.24) is 4.90 Å². The van der Waals surface area contributed by atoms with E-state index in [1.165, 1.54) is 0 Å². The predicted octanol–water partition coefficient (Wildman–Crippen LogP) is 0.760. The van der Waals surface area contributed by atoms with Crippen LogP contribution in [0.15, 0.2) is 0 Å². The molecule has 3 unspecified atom stereocenters. The van der Waals surface area contributed by atoms with Crippen LogP contribution >= 0.6 is 0 Å². The number of carbonyl (C=O) groups excluding carboxylic acids is 1. The molecular formula is C8H12FNO. The molecular weight excluding hydrogens is 145 g/mol. The molecule has 3 atom stereocenters. The number of hydrogen-bond acceptors (Lipinski definition) is 2. The van der Waals surface area contributed by atoms with Crippen molar-refractivity contribution in [2.24, 2.45) is 0 Å². The fourth-order valence-electron chi connectivity index (χ4n) is 2.20. The lowest BCUT2D eigenvalue weighted by molar-refractivity contribution is -0.130. The summed E-state index contributed by atoms with van der Waals surface area (Å²) in [4.78, 5) is 13.0. The van der Waals surface area contributed by atoms with Crippen LogP contribution in [0.25, 0.3) is 0 Å². The molecule has 0 saturated carbocycles. The fraction of sp³-hybridized carbons (Fsp3) is 0.875. The number of hydrogen-bond donors (Lipinski definition) is 0. The van der Waals surface area contributed by atoms with E-state index in [-0.39, 0.29) is 11.8 Å². The highest BCUT2D eigenvalue weighted by atomic mass is 19.1. The molecule has 0 aliphatic carbocycles. The lowest BCUT2D eigenvalue weighted by Crippen LogP contribution is -2.48. The molecule has 0 aromatic heterocycles. The van der Waals surface area contributed by atoms with Crippen LogP contribution in [0, 0.1) is 0 Å². The Morgan fingerprint density at radius 2 is 2.27 bits per heavy atom. The minimum absolute atomic E-state index is 0.110. The molecule has 2 nitrogen and oxygen atoms in total. The number of piperidine rings is 1. The first-order valence-electron chi connectivity index (χ1n) is 4.09. The van der Waals surface area contributed by atoms with E-state index in [4.69, 9.17) is 0 Å². The largest absolute Gasteiger partial charge is 0.297 e. The van der Waals surface area contributed by atoms with E-state index in [9.17, 15) is 9.18 Å². The van der Waals surface area contributed by atoms with Gasteiger partial charge in [0.1, 0.15) is 0 Å². The Kier molecular flexibility index (Phi) is 1.49. The van der Waals surface area contributed by atoms with Crippen LogP contribution in [0.1, 0.15) is 19.3 Å². The van der Waals surface area contributed by atoms with Gasteiger partial charge in [-0.25, -0.2) is 4.39 Å². The molecule has 11 heavy (non-hydrogen) atoms. The Labute approximate surface area is 65.4 Å². The van der Waals surface area contributed by atoms with Crippen molar-refractivity contribution in [3.63, 3.8) is 0 Å². The van der Waals surface area contributed by atoms with E-state index < -0.39 is 6.17 Å². The zero-order chi connectivity index (χ0) is 8.01. The van der Waals surface area contributed by atoms with Crippen molar-refractivity contribution in [3.05, 3.63) is 0 Å². The van der Waals surface area contributed by atoms with Crippen molar-refractivity contribution in [2.75, 3.05) is 7.05 Å². The van der Waals surface area contributed by atoms with Gasteiger partial charge in [-0.2, -0.15) is 0 Å². The summed E-state index contributed by atoms with van der Waals surface area (Å²) in [7, 11) is 1.92. The van der Waals surface area contributed by atoms with E-state index >= 15 is 0 Å². The number of alkyl halides is 1. The van der Waals surface area contributed by atoms with E-state index in [1.807, 2.05) is 11.9 Å². The van der Waals surface area contributed by atoms with Gasteiger partial charge in [-0.05, 0) is 19.9 Å². The number of fused-ring (bicyclic) bond motifs is 2. The maximum absolute atomic E-state index is 13.1. The first kappa shape index (κ1) is 7.22. The molecule has 0 radical (unpaired) electrons. The van der Waals surface area contributed by atoms with E-state index in [0.717, 1.165) is 12.8 Å². The summed E-state index contributed by atoms with van der Waals surface area (Å²) in [5.41, 5.74) is 0. The van der Waals surface area contributed by atoms with Gasteiger partial charge < -0.3 is 0 Å². The highest BCUT2D eigenvalue weighted by Crippen LogP contribution is 2.33. The van der Waals surface area contributed by atoms with Crippen LogP contribution in [-0.2, 0) is 4.79 Å². The minimum Gasteiger partial charge on any atom is -0.297 e. The summed E-state index contributed by atoms with van der Waals surface area (Å²) in [6.07, 6.45) is 1.06. The SMILES string of the molecule is CN1C2CCC1C(F)C(=O)C2. The summed E-state index contributed by atoms with van der Waals surface area (Å²) in [5, 5.41) is 0. The topological polar surface area (TPSA) is 20.3 Å². The van der Waals surface area contributed by atoms with E-state index in [0.29, 0.717) is 12.5 Å². The summed E-state index contributed by atoms with van der Waals surface area (Å²) >= 11 is 0. The number of carbonyl (C=O) groups is 1. The molecule has 0 spiro atoms. The predicted molar refractivity (Wildman–Crippen MR) is 39.1 cm³/mol. The van der Waals surface area contributed by atoms with Gasteiger partial charge >= 0.3 is 0 Å². The van der Waals surface area contributed by atoms with Gasteiger partial charge in [-0.15, -0.1) is 0 Å². The second-order valence-electron chi connectivity index (χ2n) is 3.54. The average Bonchev–Trinajstić information content (AvgIpc) is 2.23. The van der Waals surface area contributed by atoms with Gasteiger partial charge in [0.25, 0.3) is 0 Å². The van der Waals surface area contributed by atoms with Crippen molar-refractivity contribution in [2.45, 2.75) is 37.5 Å². The molecule has 2 fully saturated rings. The Balaban J connectivity index is 2.22. The Bertz CT molecular complexity index is 195. The normalized spacial score (nSPS) is 44.9. The van der Waals surface area contributed by atoms with Gasteiger partial charge in [0, 0.05) is 18.5 Å². The summed E-state index contributed by atoms with van der Waals surface area (Å²) < 4.78 is 13.1. The van der Waals surface area contributed by atoms with Crippen molar-refractivity contribution < 1.29 is 9.18 Å². The van der Waals surface area contributed by atoms with Crippen LogP contribution in [0.2, 0.25) is 0 Å². The van der Waals surface area contributed by atoms with Gasteiger partial charge in [-0.3, -0.25) is 9.69 Å². The summed E-state index contributed by atoms with van der Waals surface area (Å²) in [6.45, 7) is 0. The Hall–Kier alpha value is -0.440. The molecule has 0 aromatic carbocycles. The maximum Gasteiger partial charge on any atom is 0.173 e. The lowest BCUT2D eigenvalue weighted by Gasteiger charge is -2.32. The third kappa shape index (κ3) is 0.906. The van der Waals surface area contributed by atoms with Gasteiger partial charge in [0.15, 0.2) is 12.0 Å². The fourth-order valence-corrected chi connectivity index (χ4v) is 2.20. The van der Waals surface area contributed by atoms with E-state index in [1.54, 1.807) is 0 Å². The van der Waals surface area contributed by atoms with Crippen LogP contribution in [0.3, 0.4) is 0 Å². The molecule has 2 heterocycles. The minimum atomic E-state index is -1.21. The number of Topliss-reactive ketones (excluding diaryl/α,β-unsaturated/α-hetero) is 1. The number of ketones is 1. The first-order chi connectivity index (χ1) is 5.20. The second-order valence-corrected chi connectivity index (χ2v) is 3.54. The van der Waals surface area contributed by atoms with Gasteiger partial charge in [0.2, 0.25) is 0 Å². The van der Waals surface area contributed by atoms with Gasteiger partial charge in [0.05, 0.1) is 0 Å². The number of halogens is 1. The average molecular weight is 157 g/mol. The second kappa shape index (κ2) is 2.27. The molecule has 2 rings (SSSR count). The monoisotopic (exact) mass is 157 g/mol. The lowest BCUT2D eigenvalue weighted by atomic mass is 10.0. The van der Waals surface area contributed by atoms with Crippen LogP contribution < -0.4 is 0 Å². The molecule has 3 heteroatoms. The van der Waals surface area contributed by atoms with Crippen molar-refractivity contribution in [1.29, 1.82) is 0 Å². The Morgan fingerprint density at radius 1 is 1.55 bits per heavy atom. The molecule has 0 amide bonds. The molecule has 0 N–H and O–H groups in total. The zero-order valence-corrected chi connectivity index (χ0v) is 6.59. The molecule has 2 aliphatic heterocycles.